The first kappa shape index (κ1) is 21.1. The Labute approximate surface area is 170 Å². The van der Waals surface area contributed by atoms with Crippen LogP contribution in [0, 0.1) is 0 Å². The molecule has 0 amide bonds. The Balaban J connectivity index is 1.81. The van der Waals surface area contributed by atoms with E-state index >= 15 is 0 Å². The van der Waals surface area contributed by atoms with Gasteiger partial charge in [-0.05, 0) is 0 Å². The van der Waals surface area contributed by atoms with Gasteiger partial charge in [0, 0.05) is 26.3 Å². The van der Waals surface area contributed by atoms with Crippen molar-refractivity contribution in [2.45, 2.75) is 31.8 Å². The maximum absolute atomic E-state index is 12.3. The van der Waals surface area contributed by atoms with Crippen LogP contribution in [0.3, 0.4) is 0 Å². The molecule has 0 bridgehead atoms. The summed E-state index contributed by atoms with van der Waals surface area (Å²) < 4.78 is 13.5. The molecule has 3 rings (SSSR count). The van der Waals surface area contributed by atoms with Gasteiger partial charge < -0.3 is 19.5 Å². The van der Waals surface area contributed by atoms with Crippen LogP contribution in [0.15, 0.2) is 16.1 Å². The highest BCUT2D eigenvalue weighted by Crippen LogP contribution is 2.33. The molecule has 0 spiro atoms. The number of fused-ring (bicyclic) bond motifs is 1. The molecule has 0 radical (unpaired) electrons. The van der Waals surface area contributed by atoms with E-state index in [1.807, 2.05) is 14.1 Å². The predicted octanol–water partition coefficient (Wildman–Crippen LogP) is 1.36. The highest BCUT2D eigenvalue weighted by atomic mass is 33.1. The van der Waals surface area contributed by atoms with Gasteiger partial charge >= 0.3 is 0 Å². The zero-order valence-corrected chi connectivity index (χ0v) is 17.6. The first-order chi connectivity index (χ1) is 13.5. The van der Waals surface area contributed by atoms with E-state index in [1.165, 1.54) is 6.33 Å². The Morgan fingerprint density at radius 3 is 3.07 bits per heavy atom. The Morgan fingerprint density at radius 2 is 2.36 bits per heavy atom. The van der Waals surface area contributed by atoms with Gasteiger partial charge in [0.25, 0.3) is 5.56 Å². The lowest BCUT2D eigenvalue weighted by Gasteiger charge is -2.15. The van der Waals surface area contributed by atoms with Crippen LogP contribution in [-0.2, 0) is 9.47 Å². The summed E-state index contributed by atoms with van der Waals surface area (Å²) in [5, 5.41) is 9.64. The average molecular weight is 429 g/mol. The quantitative estimate of drug-likeness (QED) is 0.201. The van der Waals surface area contributed by atoms with Crippen molar-refractivity contribution in [2.75, 3.05) is 32.4 Å². The number of aliphatic hydroxyl groups is 1. The average Bonchev–Trinajstić information content (AvgIpc) is 3.27. The number of nitrogens with one attached hydrogen (secondary N) is 1. The third-order valence-electron chi connectivity index (χ3n) is 4.03. The molecule has 12 heteroatoms. The molecule has 0 aliphatic carbocycles. The number of aromatic amines is 1. The van der Waals surface area contributed by atoms with Crippen LogP contribution in [0.2, 0.25) is 0 Å². The van der Waals surface area contributed by atoms with Gasteiger partial charge in [0.05, 0.1) is 25.4 Å². The monoisotopic (exact) mass is 428 g/mol. The topological polar surface area (TPSA) is 118 Å². The Hall–Kier alpha value is -1.60. The summed E-state index contributed by atoms with van der Waals surface area (Å²) in [6.07, 6.45) is 2.48. The molecule has 2 N–H and O–H groups in total. The summed E-state index contributed by atoms with van der Waals surface area (Å²) in [7, 11) is 6.99. The number of aliphatic imine (C=N–C) groups is 1. The van der Waals surface area contributed by atoms with Crippen LogP contribution in [0.4, 0.5) is 5.95 Å². The third kappa shape index (κ3) is 4.87. The number of imidazole rings is 1. The van der Waals surface area contributed by atoms with Crippen molar-refractivity contribution in [3.63, 3.8) is 0 Å². The number of aromatic nitrogens is 4. The number of H-pyrrole nitrogens is 1. The smallest absolute Gasteiger partial charge is 0.280 e. The van der Waals surface area contributed by atoms with Crippen molar-refractivity contribution in [1.29, 1.82) is 0 Å². The highest BCUT2D eigenvalue weighted by Gasteiger charge is 2.37. The minimum Gasteiger partial charge on any atom is -0.394 e. The van der Waals surface area contributed by atoms with Gasteiger partial charge in [0.2, 0.25) is 5.95 Å². The lowest BCUT2D eigenvalue weighted by molar-refractivity contribution is -0.0532. The molecule has 2 aromatic heterocycles. The van der Waals surface area contributed by atoms with Crippen LogP contribution in [0.25, 0.3) is 11.2 Å². The lowest BCUT2D eigenvalue weighted by atomic mass is 10.2. The standard InChI is InChI=1S/C16H24N6O4S2/c1-4-27-28-9-25-10-5-12(26-11(10)6-23)22-8-17-13-14(22)19-16(20-15(13)24)18-7-21(2)3/h7-8,10-12,23H,4-6,9H2,1-3H3,(H,19,20,24)/b18-7-/t10?,11-,12-/m1/s1. The normalized spacial score (nSPS) is 22.5. The van der Waals surface area contributed by atoms with Gasteiger partial charge in [-0.25, -0.2) is 9.98 Å². The zero-order chi connectivity index (χ0) is 20.1. The number of hydrogen-bond acceptors (Lipinski definition) is 9. The van der Waals surface area contributed by atoms with Crippen molar-refractivity contribution in [2.24, 2.45) is 4.99 Å². The zero-order valence-electron chi connectivity index (χ0n) is 15.9. The van der Waals surface area contributed by atoms with E-state index in [9.17, 15) is 9.90 Å². The maximum atomic E-state index is 12.3. The highest BCUT2D eigenvalue weighted by molar-refractivity contribution is 8.76. The second kappa shape index (κ2) is 9.74. The maximum Gasteiger partial charge on any atom is 0.280 e. The van der Waals surface area contributed by atoms with Crippen LogP contribution < -0.4 is 5.56 Å². The Morgan fingerprint density at radius 1 is 1.54 bits per heavy atom. The summed E-state index contributed by atoms with van der Waals surface area (Å²) in [5.41, 5.74) is 0.229. The number of nitrogens with zero attached hydrogens (tertiary/aromatic N) is 5. The minimum absolute atomic E-state index is 0.147. The summed E-state index contributed by atoms with van der Waals surface area (Å²) in [6.45, 7) is 1.93. The van der Waals surface area contributed by atoms with Crippen LogP contribution >= 0.6 is 21.6 Å². The number of hydrogen-bond donors (Lipinski definition) is 2. The molecular weight excluding hydrogens is 404 g/mol. The van der Waals surface area contributed by atoms with Crippen LogP contribution in [0.1, 0.15) is 19.6 Å². The summed E-state index contributed by atoms with van der Waals surface area (Å²) in [4.78, 5) is 29.4. The predicted molar refractivity (Wildman–Crippen MR) is 111 cm³/mol. The fourth-order valence-electron chi connectivity index (χ4n) is 2.80. The summed E-state index contributed by atoms with van der Waals surface area (Å²) >= 11 is 0. The van der Waals surface area contributed by atoms with Crippen molar-refractivity contribution < 1.29 is 14.6 Å². The molecule has 1 aliphatic heterocycles. The largest absolute Gasteiger partial charge is 0.394 e. The van der Waals surface area contributed by atoms with Crippen LogP contribution in [0.5, 0.6) is 0 Å². The molecule has 1 unspecified atom stereocenters. The molecule has 2 aromatic rings. The molecule has 10 nitrogen and oxygen atoms in total. The molecule has 0 aromatic carbocycles. The van der Waals surface area contributed by atoms with E-state index in [2.05, 4.69) is 26.9 Å². The van der Waals surface area contributed by atoms with Crippen molar-refractivity contribution in [3.05, 3.63) is 16.7 Å². The van der Waals surface area contributed by atoms with E-state index in [0.717, 1.165) is 5.75 Å². The Bertz CT molecular complexity index is 870. The molecule has 1 aliphatic rings. The molecule has 28 heavy (non-hydrogen) atoms. The fraction of sp³-hybridized carbons (Fsp3) is 0.625. The summed E-state index contributed by atoms with van der Waals surface area (Å²) in [5.74, 6) is 1.70. The van der Waals surface area contributed by atoms with Gasteiger partial charge in [-0.15, -0.1) is 0 Å². The molecule has 1 saturated heterocycles. The van der Waals surface area contributed by atoms with E-state index in [4.69, 9.17) is 9.47 Å². The molecular formula is C16H24N6O4S2. The minimum atomic E-state index is -0.442. The van der Waals surface area contributed by atoms with Gasteiger partial charge in [0.15, 0.2) is 11.2 Å². The fourth-order valence-corrected chi connectivity index (χ4v) is 4.14. The lowest BCUT2D eigenvalue weighted by Crippen LogP contribution is -2.27. The first-order valence-electron chi connectivity index (χ1n) is 8.83. The first-order valence-corrected chi connectivity index (χ1v) is 11.3. The van der Waals surface area contributed by atoms with Crippen molar-refractivity contribution >= 4 is 45.0 Å². The molecule has 3 heterocycles. The Kier molecular flexibility index (Phi) is 7.35. The second-order valence-corrected chi connectivity index (χ2v) is 9.02. The van der Waals surface area contributed by atoms with Crippen molar-refractivity contribution in [1.82, 2.24) is 24.4 Å². The SMILES string of the molecule is CCSSCOC1C[C@H](n2cnc3c(=O)[nH]c(/N=C\N(C)C)nc32)O[C@@H]1CO. The number of aliphatic hydroxyl groups excluding tert-OH is 1. The third-order valence-corrected chi connectivity index (χ3v) is 6.16. The van der Waals surface area contributed by atoms with E-state index in [-0.39, 0.29) is 29.7 Å². The second-order valence-electron chi connectivity index (χ2n) is 6.32. The van der Waals surface area contributed by atoms with Gasteiger partial charge in [0.1, 0.15) is 18.3 Å². The molecule has 0 saturated carbocycles. The van der Waals surface area contributed by atoms with Crippen LogP contribution in [-0.4, -0.2) is 80.5 Å². The van der Waals surface area contributed by atoms with E-state index < -0.39 is 12.3 Å². The van der Waals surface area contributed by atoms with E-state index in [1.54, 1.807) is 37.4 Å². The molecule has 154 valence electrons. The van der Waals surface area contributed by atoms with Gasteiger partial charge in [-0.3, -0.25) is 14.3 Å². The van der Waals surface area contributed by atoms with E-state index in [0.29, 0.717) is 18.0 Å². The van der Waals surface area contributed by atoms with Gasteiger partial charge in [-0.2, -0.15) is 4.98 Å². The number of rotatable bonds is 9. The molecule has 3 atom stereocenters. The van der Waals surface area contributed by atoms with Crippen molar-refractivity contribution in [3.8, 4) is 0 Å². The molecule has 1 fully saturated rings. The summed E-state index contributed by atoms with van der Waals surface area (Å²) in [6, 6.07) is 0. The van der Waals surface area contributed by atoms with Gasteiger partial charge in [-0.1, -0.05) is 28.5 Å². The number of ether oxygens (including phenoxy) is 2.